The Bertz CT molecular complexity index is 838. The molecule has 0 aromatic carbocycles. The molecule has 0 aromatic heterocycles. The van der Waals surface area contributed by atoms with Crippen LogP contribution in [0.15, 0.2) is 12.2 Å². The van der Waals surface area contributed by atoms with E-state index in [0.717, 1.165) is 32.1 Å². The molecule has 0 aliphatic carbocycles. The fourth-order valence-corrected chi connectivity index (χ4v) is 7.08. The quantitative estimate of drug-likeness (QED) is 0.0274. The fourth-order valence-electron chi connectivity index (χ4n) is 7.08. The van der Waals surface area contributed by atoms with Crippen LogP contribution < -0.4 is 0 Å². The molecule has 1 saturated heterocycles. The Hall–Kier alpha value is -1.07. The summed E-state index contributed by atoms with van der Waals surface area (Å²) < 4.78 is 22.8. The van der Waals surface area contributed by atoms with E-state index in [1.54, 1.807) is 0 Å². The molecule has 1 fully saturated rings. The second-order valence-corrected chi connectivity index (χ2v) is 15.9. The van der Waals surface area contributed by atoms with Crippen LogP contribution >= 0.6 is 0 Å². The number of hydrogen-bond acceptors (Lipinski definition) is 9. The molecule has 0 radical (unpaired) electrons. The van der Waals surface area contributed by atoms with Crippen LogP contribution in [0, 0.1) is 0 Å². The van der Waals surface area contributed by atoms with Gasteiger partial charge in [0.2, 0.25) is 0 Å². The summed E-state index contributed by atoms with van der Waals surface area (Å²) in [5, 5.41) is 40.1. The third-order valence-electron chi connectivity index (χ3n) is 10.7. The van der Waals surface area contributed by atoms with Crippen molar-refractivity contribution in [3.63, 3.8) is 0 Å². The van der Waals surface area contributed by atoms with E-state index in [0.29, 0.717) is 13.0 Å². The Labute approximate surface area is 331 Å². The first-order chi connectivity index (χ1) is 26.4. The predicted octanol–water partition coefficient (Wildman–Crippen LogP) is 10.0. The molecule has 6 atom stereocenters. The van der Waals surface area contributed by atoms with Gasteiger partial charge < -0.3 is 39.4 Å². The zero-order valence-corrected chi connectivity index (χ0v) is 35.0. The summed E-state index contributed by atoms with van der Waals surface area (Å²) in [6.45, 7) is 4.57. The predicted molar refractivity (Wildman–Crippen MR) is 219 cm³/mol. The zero-order valence-electron chi connectivity index (χ0n) is 35.0. The number of aliphatic hydroxyl groups is 4. The van der Waals surface area contributed by atoms with E-state index >= 15 is 0 Å². The maximum Gasteiger partial charge on any atom is 0.306 e. The molecule has 1 aliphatic rings. The van der Waals surface area contributed by atoms with E-state index in [-0.39, 0.29) is 19.2 Å². The second kappa shape index (κ2) is 37.5. The Balaban J connectivity index is 2.21. The molecular weight excluding hydrogens is 684 g/mol. The van der Waals surface area contributed by atoms with Crippen molar-refractivity contribution >= 4 is 5.97 Å². The van der Waals surface area contributed by atoms with E-state index in [9.17, 15) is 25.2 Å². The fraction of sp³-hybridized carbons (Fsp3) is 0.933. The lowest BCUT2D eigenvalue weighted by molar-refractivity contribution is -0.305. The Morgan fingerprint density at radius 3 is 1.50 bits per heavy atom. The van der Waals surface area contributed by atoms with E-state index in [1.807, 2.05) is 0 Å². The summed E-state index contributed by atoms with van der Waals surface area (Å²) in [6, 6.07) is 0. The number of hydrogen-bond donors (Lipinski definition) is 4. The number of carbonyl (C=O) groups is 1. The van der Waals surface area contributed by atoms with Crippen molar-refractivity contribution in [1.82, 2.24) is 0 Å². The van der Waals surface area contributed by atoms with Crippen LogP contribution in [0.1, 0.15) is 206 Å². The van der Waals surface area contributed by atoms with Crippen molar-refractivity contribution in [2.45, 2.75) is 243 Å². The van der Waals surface area contributed by atoms with Crippen molar-refractivity contribution in [2.75, 3.05) is 26.4 Å². The highest BCUT2D eigenvalue weighted by atomic mass is 16.7. The van der Waals surface area contributed by atoms with Crippen molar-refractivity contribution in [1.29, 1.82) is 0 Å². The molecule has 1 rings (SSSR count). The second-order valence-electron chi connectivity index (χ2n) is 15.9. The average molecular weight is 771 g/mol. The van der Waals surface area contributed by atoms with Gasteiger partial charge in [-0.25, -0.2) is 0 Å². The molecule has 0 saturated carbocycles. The molecule has 1 heterocycles. The molecule has 0 aromatic rings. The largest absolute Gasteiger partial charge is 0.457 e. The van der Waals surface area contributed by atoms with E-state index in [2.05, 4.69) is 26.0 Å². The lowest BCUT2D eigenvalue weighted by Gasteiger charge is -2.39. The number of unbranched alkanes of at least 4 members (excludes halogenated alkanes) is 26. The van der Waals surface area contributed by atoms with Crippen LogP contribution in [0.4, 0.5) is 0 Å². The minimum absolute atomic E-state index is 0.108. The first kappa shape index (κ1) is 50.9. The van der Waals surface area contributed by atoms with Gasteiger partial charge in [-0.05, 0) is 38.5 Å². The Morgan fingerprint density at radius 1 is 0.574 bits per heavy atom. The molecule has 9 nitrogen and oxygen atoms in total. The molecule has 0 spiro atoms. The van der Waals surface area contributed by atoms with E-state index < -0.39 is 43.4 Å². The average Bonchev–Trinajstić information content (AvgIpc) is 3.17. The number of aliphatic hydroxyl groups excluding tert-OH is 4. The van der Waals surface area contributed by atoms with Gasteiger partial charge in [-0.15, -0.1) is 0 Å². The summed E-state index contributed by atoms with van der Waals surface area (Å²) in [5.74, 6) is -0.312. The van der Waals surface area contributed by atoms with Gasteiger partial charge in [0.15, 0.2) is 6.29 Å². The van der Waals surface area contributed by atoms with Crippen LogP contribution in [0.2, 0.25) is 0 Å². The van der Waals surface area contributed by atoms with Gasteiger partial charge in [0.1, 0.15) is 30.5 Å². The van der Waals surface area contributed by atoms with Gasteiger partial charge >= 0.3 is 5.97 Å². The third-order valence-corrected chi connectivity index (χ3v) is 10.7. The Kier molecular flexibility index (Phi) is 35.4. The van der Waals surface area contributed by atoms with E-state index in [1.165, 1.54) is 154 Å². The lowest BCUT2D eigenvalue weighted by Crippen LogP contribution is -2.59. The summed E-state index contributed by atoms with van der Waals surface area (Å²) in [6.07, 6.45) is 33.8. The third kappa shape index (κ3) is 28.3. The van der Waals surface area contributed by atoms with Crippen LogP contribution in [-0.2, 0) is 23.7 Å². The highest BCUT2D eigenvalue weighted by Crippen LogP contribution is 2.23. The molecular formula is C45H86O9. The zero-order chi connectivity index (χ0) is 39.3. The molecule has 54 heavy (non-hydrogen) atoms. The number of allylic oxidation sites excluding steroid dienone is 2. The summed E-state index contributed by atoms with van der Waals surface area (Å²) in [5.41, 5.74) is 0. The van der Waals surface area contributed by atoms with Gasteiger partial charge in [0, 0.05) is 13.0 Å². The van der Waals surface area contributed by atoms with Crippen molar-refractivity contribution in [3.8, 4) is 0 Å². The summed E-state index contributed by atoms with van der Waals surface area (Å²) in [7, 11) is 0. The molecule has 4 N–H and O–H groups in total. The smallest absolute Gasteiger partial charge is 0.306 e. The maximum atomic E-state index is 12.7. The molecule has 0 bridgehead atoms. The molecule has 1 aliphatic heterocycles. The molecule has 6 unspecified atom stereocenters. The van der Waals surface area contributed by atoms with Gasteiger partial charge in [-0.3, -0.25) is 4.79 Å². The van der Waals surface area contributed by atoms with E-state index in [4.69, 9.17) is 18.9 Å². The summed E-state index contributed by atoms with van der Waals surface area (Å²) >= 11 is 0. The number of carbonyl (C=O) groups excluding carboxylic acids is 1. The highest BCUT2D eigenvalue weighted by Gasteiger charge is 2.44. The first-order valence-corrected chi connectivity index (χ1v) is 22.8. The standard InChI is InChI=1S/C45H86O9/c1-3-5-7-9-11-13-15-16-17-18-19-20-21-22-23-25-27-29-31-33-35-51-37-39(38-52-45-44(50)43(49)42(48)40(36-46)54-45)53-41(47)34-32-30-28-26-24-14-12-10-8-6-4-2/h16-17,39-40,42-46,48-50H,3-15,18-38H2,1-2H3/b17-16-. The highest BCUT2D eigenvalue weighted by molar-refractivity contribution is 5.69. The molecule has 9 heteroatoms. The van der Waals surface area contributed by atoms with Crippen LogP contribution in [0.25, 0.3) is 0 Å². The number of rotatable bonds is 39. The van der Waals surface area contributed by atoms with Crippen molar-refractivity contribution < 1.29 is 44.2 Å². The lowest BCUT2D eigenvalue weighted by atomic mass is 9.99. The normalized spacial score (nSPS) is 20.9. The molecule has 0 amide bonds. The van der Waals surface area contributed by atoms with Crippen LogP contribution in [0.3, 0.4) is 0 Å². The molecule has 320 valence electrons. The van der Waals surface area contributed by atoms with Crippen LogP contribution in [0.5, 0.6) is 0 Å². The Morgan fingerprint density at radius 2 is 1.02 bits per heavy atom. The van der Waals surface area contributed by atoms with Gasteiger partial charge in [0.05, 0.1) is 19.8 Å². The first-order valence-electron chi connectivity index (χ1n) is 22.8. The minimum Gasteiger partial charge on any atom is -0.457 e. The number of ether oxygens (including phenoxy) is 4. The van der Waals surface area contributed by atoms with Crippen molar-refractivity contribution in [2.24, 2.45) is 0 Å². The van der Waals surface area contributed by atoms with Gasteiger partial charge in [-0.2, -0.15) is 0 Å². The monoisotopic (exact) mass is 771 g/mol. The number of esters is 1. The topological polar surface area (TPSA) is 135 Å². The van der Waals surface area contributed by atoms with Crippen LogP contribution in [-0.4, -0.2) is 89.6 Å². The minimum atomic E-state index is -1.53. The van der Waals surface area contributed by atoms with Gasteiger partial charge in [0.25, 0.3) is 0 Å². The maximum absolute atomic E-state index is 12.7. The summed E-state index contributed by atoms with van der Waals surface area (Å²) in [4.78, 5) is 12.7. The SMILES string of the molecule is CCCCCCCC/C=C\CCCCCCCCCCCCOCC(COC1OC(CO)C(O)C(O)C1O)OC(=O)CCCCCCCCCCCCC. The van der Waals surface area contributed by atoms with Gasteiger partial charge in [-0.1, -0.05) is 174 Å². The van der Waals surface area contributed by atoms with Crippen molar-refractivity contribution in [3.05, 3.63) is 12.2 Å².